The zero-order valence-corrected chi connectivity index (χ0v) is 24.8. The summed E-state index contributed by atoms with van der Waals surface area (Å²) >= 11 is 0. The number of carbonyl (C=O) groups is 3. The van der Waals surface area contributed by atoms with E-state index in [4.69, 9.17) is 4.74 Å². The lowest BCUT2D eigenvalue weighted by Gasteiger charge is -2.39. The van der Waals surface area contributed by atoms with Gasteiger partial charge >= 0.3 is 6.09 Å². The third-order valence-electron chi connectivity index (χ3n) is 7.10. The van der Waals surface area contributed by atoms with Crippen LogP contribution in [0.15, 0.2) is 18.2 Å². The van der Waals surface area contributed by atoms with Gasteiger partial charge in [0.05, 0.1) is 6.61 Å². The highest BCUT2D eigenvalue weighted by molar-refractivity contribution is 5.93. The van der Waals surface area contributed by atoms with E-state index in [-0.39, 0.29) is 17.7 Å². The highest BCUT2D eigenvalue weighted by Crippen LogP contribution is 2.35. The van der Waals surface area contributed by atoms with Crippen LogP contribution in [0.2, 0.25) is 0 Å². The zero-order valence-electron chi connectivity index (χ0n) is 24.8. The summed E-state index contributed by atoms with van der Waals surface area (Å²) in [5, 5.41) is 26.8. The smallest absolute Gasteiger partial charge is 0.408 e. The van der Waals surface area contributed by atoms with Crippen LogP contribution in [-0.4, -0.2) is 63.4 Å². The van der Waals surface area contributed by atoms with Crippen molar-refractivity contribution < 1.29 is 29.3 Å². The molecule has 0 aromatic heterocycles. The Morgan fingerprint density at radius 3 is 2.28 bits per heavy atom. The lowest BCUT2D eigenvalue weighted by atomic mass is 9.93. The minimum atomic E-state index is -1.33. The molecule has 1 fully saturated rings. The van der Waals surface area contributed by atoms with Crippen LogP contribution in [0.3, 0.4) is 0 Å². The Hall–Kier alpha value is -2.81. The number of hydrogen-bond donors (Lipinski definition) is 4. The second kappa shape index (κ2) is 14.5. The summed E-state index contributed by atoms with van der Waals surface area (Å²) in [7, 11) is 0. The van der Waals surface area contributed by atoms with Crippen LogP contribution in [-0.2, 0) is 14.3 Å². The van der Waals surface area contributed by atoms with Crippen molar-refractivity contribution in [2.24, 2.45) is 5.92 Å². The van der Waals surface area contributed by atoms with Crippen LogP contribution < -0.4 is 10.6 Å². The average Bonchev–Trinajstić information content (AvgIpc) is 2.85. The second-order valence-electron chi connectivity index (χ2n) is 12.2. The van der Waals surface area contributed by atoms with Crippen LogP contribution in [0.4, 0.5) is 4.79 Å². The third-order valence-corrected chi connectivity index (χ3v) is 7.10. The third kappa shape index (κ3) is 9.71. The Morgan fingerprint density at radius 1 is 1.08 bits per heavy atom. The SMILES string of the molecule is Cc1cccc(C(C(=O)NC2CCCCC2)N(C(=O)C(CO)NC(=O)OC(C)(C)C)C(C)CCC(C)C)c1O. The number of hydrogen-bond acceptors (Lipinski definition) is 6. The maximum atomic E-state index is 14.1. The average molecular weight is 548 g/mol. The first-order valence-corrected chi connectivity index (χ1v) is 14.3. The first kappa shape index (κ1) is 32.4. The van der Waals surface area contributed by atoms with E-state index < -0.39 is 42.3 Å². The van der Waals surface area contributed by atoms with E-state index in [2.05, 4.69) is 24.5 Å². The van der Waals surface area contributed by atoms with E-state index in [0.717, 1.165) is 38.5 Å². The predicted octanol–water partition coefficient (Wildman–Crippen LogP) is 4.73. The Kier molecular flexibility index (Phi) is 12.1. The molecule has 9 nitrogen and oxygen atoms in total. The molecular weight excluding hydrogens is 498 g/mol. The second-order valence-corrected chi connectivity index (χ2v) is 12.2. The van der Waals surface area contributed by atoms with Crippen molar-refractivity contribution in [3.63, 3.8) is 0 Å². The molecule has 1 saturated carbocycles. The van der Waals surface area contributed by atoms with E-state index in [1.54, 1.807) is 45.9 Å². The first-order valence-electron chi connectivity index (χ1n) is 14.3. The van der Waals surface area contributed by atoms with Gasteiger partial charge in [0.25, 0.3) is 0 Å². The van der Waals surface area contributed by atoms with Gasteiger partial charge in [0, 0.05) is 17.6 Å². The molecular formula is C30H49N3O6. The number of para-hydroxylation sites is 1. The summed E-state index contributed by atoms with van der Waals surface area (Å²) < 4.78 is 5.32. The maximum Gasteiger partial charge on any atom is 0.408 e. The van der Waals surface area contributed by atoms with Gasteiger partial charge in [-0.05, 0) is 71.8 Å². The van der Waals surface area contributed by atoms with Gasteiger partial charge in [-0.2, -0.15) is 0 Å². The summed E-state index contributed by atoms with van der Waals surface area (Å²) in [6.07, 6.45) is 5.42. The minimum Gasteiger partial charge on any atom is -0.507 e. The van der Waals surface area contributed by atoms with Crippen LogP contribution in [0, 0.1) is 12.8 Å². The standard InChI is InChI=1S/C30H49N3O6/c1-19(2)16-17-21(4)33(28(37)24(18-34)32-29(38)39-30(5,6)7)25(23-15-11-12-20(3)26(23)35)27(36)31-22-13-9-8-10-14-22/h11-12,15,19,21-22,24-25,34-35H,8-10,13-14,16-18H2,1-7H3,(H,31,36)(H,32,38). The molecule has 0 bridgehead atoms. The number of ether oxygens (including phenoxy) is 1. The molecule has 3 unspecified atom stereocenters. The van der Waals surface area contributed by atoms with Crippen LogP contribution >= 0.6 is 0 Å². The molecule has 0 aliphatic heterocycles. The van der Waals surface area contributed by atoms with Crippen molar-refractivity contribution in [2.45, 2.75) is 123 Å². The molecule has 0 spiro atoms. The Morgan fingerprint density at radius 2 is 1.72 bits per heavy atom. The highest BCUT2D eigenvalue weighted by Gasteiger charge is 2.40. The number of alkyl carbamates (subject to hydrolysis) is 1. The van der Waals surface area contributed by atoms with E-state index in [0.29, 0.717) is 23.5 Å². The van der Waals surface area contributed by atoms with E-state index in [1.165, 1.54) is 4.90 Å². The molecule has 1 aliphatic rings. The number of nitrogens with one attached hydrogen (secondary N) is 2. The number of benzene rings is 1. The van der Waals surface area contributed by atoms with Gasteiger partial charge in [0.1, 0.15) is 23.4 Å². The molecule has 4 N–H and O–H groups in total. The lowest BCUT2D eigenvalue weighted by molar-refractivity contribution is -0.146. The zero-order chi connectivity index (χ0) is 29.3. The summed E-state index contributed by atoms with van der Waals surface area (Å²) in [4.78, 5) is 42.1. The van der Waals surface area contributed by atoms with Gasteiger partial charge in [0.2, 0.25) is 11.8 Å². The molecule has 0 heterocycles. The van der Waals surface area contributed by atoms with Gasteiger partial charge in [0.15, 0.2) is 0 Å². The summed E-state index contributed by atoms with van der Waals surface area (Å²) in [6, 6.07) is 2.19. The van der Waals surface area contributed by atoms with Crippen molar-refractivity contribution in [1.82, 2.24) is 15.5 Å². The van der Waals surface area contributed by atoms with Crippen molar-refractivity contribution in [1.29, 1.82) is 0 Å². The Bertz CT molecular complexity index is 968. The number of carbonyl (C=O) groups excluding carboxylic acids is 3. The van der Waals surface area contributed by atoms with Crippen molar-refractivity contribution in [3.05, 3.63) is 29.3 Å². The van der Waals surface area contributed by atoms with Crippen molar-refractivity contribution in [2.75, 3.05) is 6.61 Å². The van der Waals surface area contributed by atoms with Crippen molar-refractivity contribution >= 4 is 17.9 Å². The van der Waals surface area contributed by atoms with Gasteiger partial charge in [-0.25, -0.2) is 4.79 Å². The number of phenolic OH excluding ortho intramolecular Hbond substituents is 1. The fourth-order valence-corrected chi connectivity index (χ4v) is 4.97. The molecule has 2 rings (SSSR count). The number of amides is 3. The summed E-state index contributed by atoms with van der Waals surface area (Å²) in [5.41, 5.74) is 0.0884. The molecule has 1 aliphatic carbocycles. The topological polar surface area (TPSA) is 128 Å². The van der Waals surface area contributed by atoms with Gasteiger partial charge in [-0.3, -0.25) is 9.59 Å². The number of aryl methyl sites for hydroxylation is 1. The molecule has 3 atom stereocenters. The van der Waals surface area contributed by atoms with E-state index in [9.17, 15) is 24.6 Å². The number of aliphatic hydroxyl groups excluding tert-OH is 1. The number of aromatic hydroxyl groups is 1. The Balaban J connectivity index is 2.55. The highest BCUT2D eigenvalue weighted by atomic mass is 16.6. The number of nitrogens with zero attached hydrogens (tertiary/aromatic N) is 1. The summed E-state index contributed by atoms with van der Waals surface area (Å²) in [5.74, 6) is -0.707. The van der Waals surface area contributed by atoms with Crippen LogP contribution in [0.1, 0.15) is 104 Å². The molecule has 1 aromatic rings. The number of phenols is 1. The molecule has 9 heteroatoms. The minimum absolute atomic E-state index is 0.0165. The largest absolute Gasteiger partial charge is 0.507 e. The monoisotopic (exact) mass is 547 g/mol. The predicted molar refractivity (Wildman–Crippen MR) is 151 cm³/mol. The quantitative estimate of drug-likeness (QED) is 0.317. The summed E-state index contributed by atoms with van der Waals surface area (Å²) in [6.45, 7) is 12.2. The van der Waals surface area contributed by atoms with Gasteiger partial charge < -0.3 is 30.5 Å². The number of rotatable bonds is 11. The van der Waals surface area contributed by atoms with Crippen LogP contribution in [0.5, 0.6) is 5.75 Å². The van der Waals surface area contributed by atoms with E-state index >= 15 is 0 Å². The first-order chi connectivity index (χ1) is 18.2. The molecule has 0 radical (unpaired) electrons. The molecule has 39 heavy (non-hydrogen) atoms. The van der Waals surface area contributed by atoms with Gasteiger partial charge in [-0.15, -0.1) is 0 Å². The molecule has 0 saturated heterocycles. The maximum absolute atomic E-state index is 14.1. The normalized spacial score (nSPS) is 16.7. The van der Waals surface area contributed by atoms with Gasteiger partial charge in [-0.1, -0.05) is 51.3 Å². The van der Waals surface area contributed by atoms with E-state index in [1.807, 2.05) is 6.92 Å². The van der Waals surface area contributed by atoms with Crippen molar-refractivity contribution in [3.8, 4) is 5.75 Å². The fourth-order valence-electron chi connectivity index (χ4n) is 4.97. The molecule has 220 valence electrons. The number of aliphatic hydroxyl groups is 1. The lowest BCUT2D eigenvalue weighted by Crippen LogP contribution is -2.57. The fraction of sp³-hybridized carbons (Fsp3) is 0.700. The molecule has 3 amide bonds. The van der Waals surface area contributed by atoms with Crippen LogP contribution in [0.25, 0.3) is 0 Å². The molecule has 1 aromatic carbocycles. The Labute approximate surface area is 233 Å².